The second kappa shape index (κ2) is 6.79. The first-order chi connectivity index (χ1) is 9.32. The van der Waals surface area contributed by atoms with E-state index in [1.165, 1.54) is 6.07 Å². The number of carbonyl (C=O) groups excluding carboxylic acids is 1. The molecule has 1 amide bonds. The van der Waals surface area contributed by atoms with Gasteiger partial charge in [-0.05, 0) is 32.4 Å². The van der Waals surface area contributed by atoms with Crippen LogP contribution >= 0.6 is 0 Å². The first kappa shape index (κ1) is 15.8. The molecule has 0 saturated heterocycles. The number of aliphatic carboxylic acids is 1. The fraction of sp³-hybridized carbons (Fsp3) is 0.286. The van der Waals surface area contributed by atoms with E-state index in [-0.39, 0.29) is 6.42 Å². The number of rotatable bonds is 5. The molecule has 1 rings (SSSR count). The molecule has 0 aromatic heterocycles. The molecule has 108 valence electrons. The van der Waals surface area contributed by atoms with Crippen molar-refractivity contribution in [2.24, 2.45) is 0 Å². The number of carboxylic acid groups (broad SMARTS) is 1. The zero-order chi connectivity index (χ0) is 15.3. The number of carbonyl (C=O) groups is 2. The Morgan fingerprint density at radius 2 is 2.00 bits per heavy atom. The van der Waals surface area contributed by atoms with Crippen molar-refractivity contribution in [3.8, 4) is 0 Å². The maximum Gasteiger partial charge on any atom is 0.326 e. The van der Waals surface area contributed by atoms with Crippen molar-refractivity contribution in [3.63, 3.8) is 0 Å². The quantitative estimate of drug-likeness (QED) is 0.816. The van der Waals surface area contributed by atoms with Crippen LogP contribution in [0, 0.1) is 11.6 Å². The van der Waals surface area contributed by atoms with E-state index in [2.05, 4.69) is 5.32 Å². The van der Waals surface area contributed by atoms with Crippen LogP contribution in [0.1, 0.15) is 30.6 Å². The minimum absolute atomic E-state index is 0.0698. The van der Waals surface area contributed by atoms with Gasteiger partial charge in [0, 0.05) is 0 Å². The molecule has 1 aromatic rings. The highest BCUT2D eigenvalue weighted by Crippen LogP contribution is 2.12. The smallest absolute Gasteiger partial charge is 0.326 e. The summed E-state index contributed by atoms with van der Waals surface area (Å²) >= 11 is 0. The van der Waals surface area contributed by atoms with Gasteiger partial charge in [-0.1, -0.05) is 17.7 Å². The number of allylic oxidation sites excluding steroid dienone is 1. The average Bonchev–Trinajstić information content (AvgIpc) is 2.36. The van der Waals surface area contributed by atoms with E-state index in [9.17, 15) is 18.4 Å². The highest BCUT2D eigenvalue weighted by atomic mass is 19.2. The van der Waals surface area contributed by atoms with E-state index < -0.39 is 35.1 Å². The Morgan fingerprint density at radius 3 is 2.55 bits per heavy atom. The topological polar surface area (TPSA) is 66.4 Å². The van der Waals surface area contributed by atoms with Gasteiger partial charge >= 0.3 is 5.97 Å². The van der Waals surface area contributed by atoms with Crippen molar-refractivity contribution < 1.29 is 23.5 Å². The van der Waals surface area contributed by atoms with Crippen LogP contribution < -0.4 is 5.32 Å². The number of hydrogen-bond acceptors (Lipinski definition) is 2. The molecule has 6 heteroatoms. The first-order valence-electron chi connectivity index (χ1n) is 5.94. The third kappa shape index (κ3) is 4.15. The van der Waals surface area contributed by atoms with E-state index in [0.717, 1.165) is 17.7 Å². The molecule has 1 aromatic carbocycles. The molecule has 4 nitrogen and oxygen atoms in total. The second-order valence-corrected chi connectivity index (χ2v) is 4.48. The second-order valence-electron chi connectivity index (χ2n) is 4.48. The number of halogens is 2. The number of nitrogens with one attached hydrogen (secondary N) is 1. The van der Waals surface area contributed by atoms with Crippen molar-refractivity contribution in [2.75, 3.05) is 0 Å². The van der Waals surface area contributed by atoms with Crippen molar-refractivity contribution in [2.45, 2.75) is 26.3 Å². The number of amides is 1. The zero-order valence-corrected chi connectivity index (χ0v) is 11.1. The molecule has 0 radical (unpaired) electrons. The van der Waals surface area contributed by atoms with Gasteiger partial charge in [0.1, 0.15) is 6.04 Å². The molecule has 0 fully saturated rings. The monoisotopic (exact) mass is 283 g/mol. The third-order valence-electron chi connectivity index (χ3n) is 2.56. The third-order valence-corrected chi connectivity index (χ3v) is 2.56. The predicted molar refractivity (Wildman–Crippen MR) is 69.3 cm³/mol. The minimum atomic E-state index is -1.30. The van der Waals surface area contributed by atoms with Gasteiger partial charge in [0.25, 0.3) is 5.91 Å². The largest absolute Gasteiger partial charge is 0.480 e. The number of carboxylic acids is 1. The Kier molecular flexibility index (Phi) is 5.37. The van der Waals surface area contributed by atoms with Gasteiger partial charge in [0.2, 0.25) is 0 Å². The molecule has 0 spiro atoms. The van der Waals surface area contributed by atoms with Crippen molar-refractivity contribution in [1.82, 2.24) is 5.32 Å². The summed E-state index contributed by atoms with van der Waals surface area (Å²) in [5, 5.41) is 11.2. The van der Waals surface area contributed by atoms with Gasteiger partial charge in [-0.2, -0.15) is 0 Å². The van der Waals surface area contributed by atoms with E-state index in [0.29, 0.717) is 0 Å². The van der Waals surface area contributed by atoms with Gasteiger partial charge in [0.05, 0.1) is 5.56 Å². The lowest BCUT2D eigenvalue weighted by Crippen LogP contribution is -2.40. The van der Waals surface area contributed by atoms with Crippen molar-refractivity contribution in [1.29, 1.82) is 0 Å². The molecular formula is C14H15F2NO3. The van der Waals surface area contributed by atoms with Gasteiger partial charge in [-0.15, -0.1) is 0 Å². The molecule has 0 bridgehead atoms. The van der Waals surface area contributed by atoms with Crippen LogP contribution in [0.5, 0.6) is 0 Å². The zero-order valence-electron chi connectivity index (χ0n) is 11.1. The summed E-state index contributed by atoms with van der Waals surface area (Å²) < 4.78 is 26.4. The lowest BCUT2D eigenvalue weighted by atomic mass is 10.1. The number of hydrogen-bond donors (Lipinski definition) is 2. The maximum absolute atomic E-state index is 13.4. The first-order valence-corrected chi connectivity index (χ1v) is 5.94. The highest BCUT2D eigenvalue weighted by molar-refractivity contribution is 5.96. The lowest BCUT2D eigenvalue weighted by Gasteiger charge is -2.13. The van der Waals surface area contributed by atoms with Crippen LogP contribution in [0.4, 0.5) is 8.78 Å². The fourth-order valence-corrected chi connectivity index (χ4v) is 1.49. The molecule has 0 heterocycles. The van der Waals surface area contributed by atoms with Crippen LogP contribution in [-0.2, 0) is 4.79 Å². The molecule has 1 atom stereocenters. The average molecular weight is 283 g/mol. The summed E-state index contributed by atoms with van der Waals surface area (Å²) in [6.07, 6.45) is 1.71. The molecule has 0 saturated carbocycles. The summed E-state index contributed by atoms with van der Waals surface area (Å²) in [5.41, 5.74) is 0.371. The Hall–Kier alpha value is -2.24. The standard InChI is InChI=1S/C14H15F2NO3/c1-8(2)6-7-11(14(19)20)17-13(18)9-4-3-5-10(15)12(9)16/h3-6,11H,7H2,1-2H3,(H,17,18)(H,19,20)/t11-/m0/s1. The van der Waals surface area contributed by atoms with Crippen LogP contribution in [0.25, 0.3) is 0 Å². The van der Waals surface area contributed by atoms with Gasteiger partial charge in [-0.3, -0.25) is 4.79 Å². The summed E-state index contributed by atoms with van der Waals surface area (Å²) in [6.45, 7) is 3.57. The summed E-state index contributed by atoms with van der Waals surface area (Å²) in [7, 11) is 0. The van der Waals surface area contributed by atoms with Crippen molar-refractivity contribution >= 4 is 11.9 Å². The predicted octanol–water partition coefficient (Wildman–Crippen LogP) is 2.50. The van der Waals surface area contributed by atoms with Crippen LogP contribution in [0.2, 0.25) is 0 Å². The van der Waals surface area contributed by atoms with Crippen LogP contribution in [-0.4, -0.2) is 23.0 Å². The van der Waals surface area contributed by atoms with Crippen molar-refractivity contribution in [3.05, 3.63) is 47.0 Å². The summed E-state index contributed by atoms with van der Waals surface area (Å²) in [5.74, 6) is -4.66. The van der Waals surface area contributed by atoms with Gasteiger partial charge < -0.3 is 10.4 Å². The summed E-state index contributed by atoms with van der Waals surface area (Å²) in [6, 6.07) is 1.96. The van der Waals surface area contributed by atoms with Gasteiger partial charge in [0.15, 0.2) is 11.6 Å². The molecule has 0 aliphatic carbocycles. The molecule has 0 aliphatic heterocycles. The summed E-state index contributed by atoms with van der Waals surface area (Å²) in [4.78, 5) is 22.8. The maximum atomic E-state index is 13.4. The molecule has 0 aliphatic rings. The Morgan fingerprint density at radius 1 is 1.35 bits per heavy atom. The van der Waals surface area contributed by atoms with E-state index in [1.807, 2.05) is 0 Å². The molecule has 0 unspecified atom stereocenters. The Labute approximate surface area is 115 Å². The Bertz CT molecular complexity index is 551. The SMILES string of the molecule is CC(C)=CC[C@H](NC(=O)c1cccc(F)c1F)C(=O)O. The van der Waals surface area contributed by atoms with E-state index in [4.69, 9.17) is 5.11 Å². The van der Waals surface area contributed by atoms with Crippen LogP contribution in [0.3, 0.4) is 0 Å². The minimum Gasteiger partial charge on any atom is -0.480 e. The molecule has 20 heavy (non-hydrogen) atoms. The van der Waals surface area contributed by atoms with Gasteiger partial charge in [-0.25, -0.2) is 13.6 Å². The normalized spacial score (nSPS) is 11.6. The molecule has 2 N–H and O–H groups in total. The number of benzene rings is 1. The fourth-order valence-electron chi connectivity index (χ4n) is 1.49. The lowest BCUT2D eigenvalue weighted by molar-refractivity contribution is -0.139. The Balaban J connectivity index is 2.88. The van der Waals surface area contributed by atoms with E-state index in [1.54, 1.807) is 19.9 Å². The van der Waals surface area contributed by atoms with Crippen LogP contribution in [0.15, 0.2) is 29.8 Å². The highest BCUT2D eigenvalue weighted by Gasteiger charge is 2.22. The van der Waals surface area contributed by atoms with E-state index >= 15 is 0 Å². The molecular weight excluding hydrogens is 268 g/mol.